The van der Waals surface area contributed by atoms with E-state index in [-0.39, 0.29) is 11.8 Å². The first kappa shape index (κ1) is 14.1. The summed E-state index contributed by atoms with van der Waals surface area (Å²) in [6, 6.07) is 7.45. The van der Waals surface area contributed by atoms with Crippen LogP contribution in [-0.4, -0.2) is 6.18 Å². The van der Waals surface area contributed by atoms with Crippen molar-refractivity contribution < 1.29 is 13.2 Å². The molecular formula is C14H19F3. The van der Waals surface area contributed by atoms with E-state index in [1.165, 1.54) is 5.56 Å². The minimum Gasteiger partial charge on any atom is -0.171 e. The number of alkyl halides is 3. The summed E-state index contributed by atoms with van der Waals surface area (Å²) in [5, 5.41) is 0. The van der Waals surface area contributed by atoms with Crippen LogP contribution in [0.3, 0.4) is 0 Å². The van der Waals surface area contributed by atoms with E-state index >= 15 is 0 Å². The van der Waals surface area contributed by atoms with Gasteiger partial charge in [-0.2, -0.15) is 13.2 Å². The Morgan fingerprint density at radius 3 is 1.76 bits per heavy atom. The third-order valence-electron chi connectivity index (χ3n) is 2.45. The maximum absolute atomic E-state index is 12.0. The lowest BCUT2D eigenvalue weighted by Crippen LogP contribution is -2.10. The van der Waals surface area contributed by atoms with Crippen LogP contribution >= 0.6 is 0 Å². The van der Waals surface area contributed by atoms with Gasteiger partial charge in [-0.1, -0.05) is 45.0 Å². The van der Waals surface area contributed by atoms with Crippen LogP contribution in [0.15, 0.2) is 24.3 Å². The number of benzene rings is 1. The van der Waals surface area contributed by atoms with Crippen LogP contribution in [0.2, 0.25) is 0 Å². The van der Waals surface area contributed by atoms with Gasteiger partial charge in [0.05, 0.1) is 0 Å². The monoisotopic (exact) mass is 244 g/mol. The van der Waals surface area contributed by atoms with Crippen LogP contribution in [0.25, 0.3) is 0 Å². The van der Waals surface area contributed by atoms with Gasteiger partial charge in [0.15, 0.2) is 0 Å². The number of halogens is 3. The maximum atomic E-state index is 12.0. The highest BCUT2D eigenvalue weighted by atomic mass is 19.4. The molecule has 0 unspecified atom stereocenters. The van der Waals surface area contributed by atoms with Gasteiger partial charge in [-0.05, 0) is 29.4 Å². The van der Waals surface area contributed by atoms with Crippen molar-refractivity contribution in [3.05, 3.63) is 35.4 Å². The summed E-state index contributed by atoms with van der Waals surface area (Å²) in [5.74, 6) is 0. The highest BCUT2D eigenvalue weighted by molar-refractivity contribution is 5.23. The van der Waals surface area contributed by atoms with Gasteiger partial charge in [0.2, 0.25) is 0 Å². The summed E-state index contributed by atoms with van der Waals surface area (Å²) in [7, 11) is 0. The smallest absolute Gasteiger partial charge is 0.171 e. The zero-order valence-corrected chi connectivity index (χ0v) is 10.6. The Morgan fingerprint density at radius 2 is 1.35 bits per heavy atom. The number of hydrogen-bond donors (Lipinski definition) is 0. The second kappa shape index (κ2) is 5.11. The van der Waals surface area contributed by atoms with Crippen molar-refractivity contribution in [2.24, 2.45) is 5.41 Å². The molecule has 0 N–H and O–H groups in total. The van der Waals surface area contributed by atoms with Crippen LogP contribution in [0.4, 0.5) is 13.2 Å². The van der Waals surface area contributed by atoms with E-state index in [4.69, 9.17) is 0 Å². The molecule has 96 valence electrons. The second-order valence-electron chi connectivity index (χ2n) is 5.67. The Balaban J connectivity index is 2.56. The van der Waals surface area contributed by atoms with Crippen LogP contribution in [-0.2, 0) is 12.8 Å². The minimum absolute atomic E-state index is 0.0687. The predicted octanol–water partition coefficient (Wildman–Crippen LogP) is 4.77. The minimum atomic E-state index is -4.07. The van der Waals surface area contributed by atoms with Crippen LogP contribution < -0.4 is 0 Å². The Bertz CT molecular complexity index is 341. The Labute approximate surface area is 101 Å². The first-order valence-corrected chi connectivity index (χ1v) is 5.80. The highest BCUT2D eigenvalue weighted by Gasteiger charge is 2.26. The van der Waals surface area contributed by atoms with Crippen molar-refractivity contribution in [1.82, 2.24) is 0 Å². The molecule has 0 aliphatic heterocycles. The Morgan fingerprint density at radius 1 is 0.882 bits per heavy atom. The van der Waals surface area contributed by atoms with Gasteiger partial charge in [-0.3, -0.25) is 0 Å². The molecule has 1 aromatic rings. The van der Waals surface area contributed by atoms with E-state index in [1.54, 1.807) is 12.1 Å². The molecule has 0 atom stereocenters. The van der Waals surface area contributed by atoms with E-state index < -0.39 is 12.6 Å². The molecule has 0 aliphatic carbocycles. The van der Waals surface area contributed by atoms with Gasteiger partial charge in [0.1, 0.15) is 0 Å². The van der Waals surface area contributed by atoms with Gasteiger partial charge >= 0.3 is 6.18 Å². The molecule has 1 rings (SSSR count). The lowest BCUT2D eigenvalue weighted by atomic mass is 9.88. The summed E-state index contributed by atoms with van der Waals surface area (Å²) in [4.78, 5) is 0. The Hall–Kier alpha value is -0.990. The molecule has 17 heavy (non-hydrogen) atoms. The van der Waals surface area contributed by atoms with Crippen LogP contribution in [0, 0.1) is 5.41 Å². The van der Waals surface area contributed by atoms with Gasteiger partial charge in [-0.15, -0.1) is 0 Å². The molecule has 0 aliphatic rings. The molecule has 0 heterocycles. The van der Waals surface area contributed by atoms with Gasteiger partial charge in [0.25, 0.3) is 0 Å². The first-order chi connectivity index (χ1) is 7.66. The van der Waals surface area contributed by atoms with Gasteiger partial charge < -0.3 is 0 Å². The summed E-state index contributed by atoms with van der Waals surface area (Å²) in [5.41, 5.74) is 2.13. The largest absolute Gasteiger partial charge is 0.389 e. The van der Waals surface area contributed by atoms with Crippen LogP contribution in [0.5, 0.6) is 0 Å². The predicted molar refractivity (Wildman–Crippen MR) is 64.0 cm³/mol. The highest BCUT2D eigenvalue weighted by Crippen LogP contribution is 2.23. The summed E-state index contributed by atoms with van der Waals surface area (Å²) < 4.78 is 36.1. The quantitative estimate of drug-likeness (QED) is 0.718. The SMILES string of the molecule is CC(C)(C)Cc1ccc(CCC(F)(F)F)cc1. The molecule has 0 fully saturated rings. The van der Waals surface area contributed by atoms with Gasteiger partial charge in [0, 0.05) is 6.42 Å². The zero-order valence-electron chi connectivity index (χ0n) is 10.6. The van der Waals surface area contributed by atoms with Crippen molar-refractivity contribution >= 4 is 0 Å². The Kier molecular flexibility index (Phi) is 4.23. The number of hydrogen-bond acceptors (Lipinski definition) is 0. The number of rotatable bonds is 3. The van der Waals surface area contributed by atoms with Crippen molar-refractivity contribution in [2.45, 2.75) is 46.2 Å². The third-order valence-corrected chi connectivity index (χ3v) is 2.45. The standard InChI is InChI=1S/C14H19F3/c1-13(2,3)10-12-6-4-11(5-7-12)8-9-14(15,16)17/h4-7H,8-10H2,1-3H3. The maximum Gasteiger partial charge on any atom is 0.389 e. The molecule has 0 aromatic heterocycles. The van der Waals surface area contributed by atoms with E-state index in [2.05, 4.69) is 20.8 Å². The van der Waals surface area contributed by atoms with Crippen LogP contribution in [0.1, 0.15) is 38.3 Å². The van der Waals surface area contributed by atoms with Crippen molar-refractivity contribution in [1.29, 1.82) is 0 Å². The molecular weight excluding hydrogens is 225 g/mol. The van der Waals surface area contributed by atoms with E-state index in [1.807, 2.05) is 12.1 Å². The molecule has 0 nitrogen and oxygen atoms in total. The molecule has 0 spiro atoms. The molecule has 0 radical (unpaired) electrons. The number of aryl methyl sites for hydroxylation is 1. The van der Waals surface area contributed by atoms with E-state index in [9.17, 15) is 13.2 Å². The van der Waals surface area contributed by atoms with Crippen molar-refractivity contribution in [3.63, 3.8) is 0 Å². The molecule has 0 amide bonds. The molecule has 0 saturated carbocycles. The van der Waals surface area contributed by atoms with Gasteiger partial charge in [-0.25, -0.2) is 0 Å². The summed E-state index contributed by atoms with van der Waals surface area (Å²) in [6.45, 7) is 6.43. The molecule has 0 saturated heterocycles. The fourth-order valence-electron chi connectivity index (χ4n) is 1.72. The fraction of sp³-hybridized carbons (Fsp3) is 0.571. The molecule has 0 bridgehead atoms. The normalized spacial score (nSPS) is 12.8. The first-order valence-electron chi connectivity index (χ1n) is 5.80. The average Bonchev–Trinajstić information content (AvgIpc) is 2.13. The topological polar surface area (TPSA) is 0 Å². The van der Waals surface area contributed by atoms with E-state index in [0.717, 1.165) is 12.0 Å². The fourth-order valence-corrected chi connectivity index (χ4v) is 1.72. The molecule has 3 heteroatoms. The summed E-state index contributed by atoms with van der Waals surface area (Å²) >= 11 is 0. The van der Waals surface area contributed by atoms with Crippen molar-refractivity contribution in [3.8, 4) is 0 Å². The summed E-state index contributed by atoms with van der Waals surface area (Å²) in [6.07, 6.45) is -3.80. The lowest BCUT2D eigenvalue weighted by molar-refractivity contribution is -0.133. The average molecular weight is 244 g/mol. The third kappa shape index (κ3) is 6.35. The van der Waals surface area contributed by atoms with Crippen molar-refractivity contribution in [2.75, 3.05) is 0 Å². The molecule has 1 aromatic carbocycles. The zero-order chi connectivity index (χ0) is 13.1. The van der Waals surface area contributed by atoms with E-state index in [0.29, 0.717) is 0 Å². The lowest BCUT2D eigenvalue weighted by Gasteiger charge is -2.18. The second-order valence-corrected chi connectivity index (χ2v) is 5.67.